The van der Waals surface area contributed by atoms with Gasteiger partial charge >= 0.3 is 0 Å². The molecule has 1 unspecified atom stereocenters. The lowest BCUT2D eigenvalue weighted by Crippen LogP contribution is -2.41. The van der Waals surface area contributed by atoms with Crippen LogP contribution in [0.2, 0.25) is 5.02 Å². The Bertz CT molecular complexity index is 436. The van der Waals surface area contributed by atoms with Crippen molar-refractivity contribution in [3.8, 4) is 0 Å². The third kappa shape index (κ3) is 3.70. The van der Waals surface area contributed by atoms with Crippen molar-refractivity contribution in [3.05, 3.63) is 34.6 Å². The number of likely N-dealkylation sites (tertiary alicyclic amines) is 1. The Morgan fingerprint density at radius 1 is 1.45 bits per heavy atom. The van der Waals surface area contributed by atoms with Gasteiger partial charge in [0, 0.05) is 32.3 Å². The van der Waals surface area contributed by atoms with Crippen LogP contribution in [0.4, 0.5) is 4.39 Å². The van der Waals surface area contributed by atoms with Crippen molar-refractivity contribution in [2.75, 3.05) is 26.2 Å². The van der Waals surface area contributed by atoms with Gasteiger partial charge in [-0.1, -0.05) is 17.7 Å². The van der Waals surface area contributed by atoms with Crippen LogP contribution in [0, 0.1) is 5.82 Å². The molecule has 0 saturated carbocycles. The number of benzene rings is 1. The van der Waals surface area contributed by atoms with Crippen LogP contribution in [0.3, 0.4) is 0 Å². The molecule has 0 spiro atoms. The molecular formula is C15H22ClFN2O. The lowest BCUT2D eigenvalue weighted by Gasteiger charge is -2.37. The highest BCUT2D eigenvalue weighted by Crippen LogP contribution is 2.27. The van der Waals surface area contributed by atoms with Crippen LogP contribution in [0.1, 0.15) is 31.4 Å². The van der Waals surface area contributed by atoms with E-state index in [1.54, 1.807) is 12.1 Å². The van der Waals surface area contributed by atoms with Crippen LogP contribution in [-0.4, -0.2) is 37.2 Å². The molecule has 1 aromatic carbocycles. The van der Waals surface area contributed by atoms with E-state index in [1.165, 1.54) is 6.07 Å². The second-order valence-corrected chi connectivity index (χ2v) is 5.52. The second-order valence-electron chi connectivity index (χ2n) is 5.12. The number of halogens is 2. The Morgan fingerprint density at radius 3 is 2.70 bits per heavy atom. The summed E-state index contributed by atoms with van der Waals surface area (Å²) in [5, 5.41) is 0.158. The van der Waals surface area contributed by atoms with Gasteiger partial charge in [0.05, 0.1) is 11.1 Å². The van der Waals surface area contributed by atoms with Gasteiger partial charge in [0.1, 0.15) is 5.82 Å². The molecule has 0 aliphatic carbocycles. The Balaban J connectivity index is 2.03. The van der Waals surface area contributed by atoms with Gasteiger partial charge in [-0.15, -0.1) is 0 Å². The molecule has 1 aliphatic heterocycles. The highest BCUT2D eigenvalue weighted by atomic mass is 35.5. The molecule has 1 fully saturated rings. The molecular weight excluding hydrogens is 279 g/mol. The molecule has 3 nitrogen and oxygen atoms in total. The van der Waals surface area contributed by atoms with Gasteiger partial charge in [-0.25, -0.2) is 4.39 Å². The Hall–Kier alpha value is -0.680. The maximum Gasteiger partial charge on any atom is 0.141 e. The summed E-state index contributed by atoms with van der Waals surface area (Å²) in [6, 6.07) is 4.96. The van der Waals surface area contributed by atoms with E-state index in [-0.39, 0.29) is 16.9 Å². The van der Waals surface area contributed by atoms with Crippen molar-refractivity contribution in [1.29, 1.82) is 0 Å². The van der Waals surface area contributed by atoms with Crippen LogP contribution >= 0.6 is 11.6 Å². The van der Waals surface area contributed by atoms with Crippen molar-refractivity contribution in [1.82, 2.24) is 4.90 Å². The van der Waals surface area contributed by atoms with E-state index >= 15 is 0 Å². The van der Waals surface area contributed by atoms with Gasteiger partial charge in [0.25, 0.3) is 0 Å². The first-order valence-corrected chi connectivity index (χ1v) is 7.54. The first-order valence-electron chi connectivity index (χ1n) is 7.16. The van der Waals surface area contributed by atoms with Gasteiger partial charge in [-0.3, -0.25) is 4.90 Å². The maximum atomic E-state index is 13.3. The molecule has 2 rings (SSSR count). The fourth-order valence-corrected chi connectivity index (χ4v) is 2.99. The summed E-state index contributed by atoms with van der Waals surface area (Å²) in [5.41, 5.74) is 6.89. The average Bonchev–Trinajstić information content (AvgIpc) is 2.46. The minimum absolute atomic E-state index is 0.0932. The van der Waals surface area contributed by atoms with E-state index < -0.39 is 0 Å². The average molecular weight is 301 g/mol. The largest absolute Gasteiger partial charge is 0.378 e. The summed E-state index contributed by atoms with van der Waals surface area (Å²) in [6.45, 7) is 5.18. The number of hydrogen-bond acceptors (Lipinski definition) is 3. The van der Waals surface area contributed by atoms with E-state index in [0.717, 1.165) is 38.1 Å². The maximum absolute atomic E-state index is 13.3. The lowest BCUT2D eigenvalue weighted by molar-refractivity contribution is 0.00451. The number of hydrogen-bond donors (Lipinski definition) is 1. The summed E-state index contributed by atoms with van der Waals surface area (Å²) in [4.78, 5) is 2.33. The number of piperidine rings is 1. The van der Waals surface area contributed by atoms with Gasteiger partial charge in [0.15, 0.2) is 0 Å². The van der Waals surface area contributed by atoms with E-state index in [4.69, 9.17) is 22.1 Å². The number of rotatable bonds is 5. The summed E-state index contributed by atoms with van der Waals surface area (Å²) in [7, 11) is 0. The molecule has 0 bridgehead atoms. The molecule has 0 radical (unpaired) electrons. The molecule has 1 saturated heterocycles. The summed E-state index contributed by atoms with van der Waals surface area (Å²) in [5.74, 6) is -0.388. The van der Waals surface area contributed by atoms with Gasteiger partial charge in [-0.2, -0.15) is 0 Å². The van der Waals surface area contributed by atoms with E-state index in [2.05, 4.69) is 4.90 Å². The smallest absolute Gasteiger partial charge is 0.141 e. The lowest BCUT2D eigenvalue weighted by atomic mass is 10.0. The zero-order valence-corrected chi connectivity index (χ0v) is 12.6. The third-order valence-electron chi connectivity index (χ3n) is 3.87. The van der Waals surface area contributed by atoms with E-state index in [1.807, 2.05) is 6.92 Å². The normalized spacial score (nSPS) is 19.2. The summed E-state index contributed by atoms with van der Waals surface area (Å²) in [6.07, 6.45) is 2.38. The molecule has 0 aromatic heterocycles. The molecule has 1 atom stereocenters. The molecule has 2 N–H and O–H groups in total. The first kappa shape index (κ1) is 15.7. The minimum atomic E-state index is -0.388. The monoisotopic (exact) mass is 300 g/mol. The van der Waals surface area contributed by atoms with Crippen LogP contribution in [-0.2, 0) is 4.74 Å². The van der Waals surface area contributed by atoms with Crippen molar-refractivity contribution >= 4 is 11.6 Å². The summed E-state index contributed by atoms with van der Waals surface area (Å²) >= 11 is 5.86. The van der Waals surface area contributed by atoms with Crippen molar-refractivity contribution in [3.63, 3.8) is 0 Å². The quantitative estimate of drug-likeness (QED) is 0.908. The highest BCUT2D eigenvalue weighted by Gasteiger charge is 2.25. The number of ether oxygens (including phenoxy) is 1. The Kier molecular flexibility index (Phi) is 5.78. The van der Waals surface area contributed by atoms with E-state index in [0.29, 0.717) is 12.6 Å². The van der Waals surface area contributed by atoms with Crippen molar-refractivity contribution in [2.24, 2.45) is 5.73 Å². The Morgan fingerprint density at radius 2 is 2.15 bits per heavy atom. The first-order chi connectivity index (χ1) is 9.65. The van der Waals surface area contributed by atoms with Crippen LogP contribution in [0.25, 0.3) is 0 Å². The minimum Gasteiger partial charge on any atom is -0.378 e. The molecule has 1 aliphatic rings. The molecule has 20 heavy (non-hydrogen) atoms. The van der Waals surface area contributed by atoms with Gasteiger partial charge < -0.3 is 10.5 Å². The number of nitrogens with zero attached hydrogens (tertiary/aromatic N) is 1. The zero-order chi connectivity index (χ0) is 14.5. The molecule has 1 heterocycles. The van der Waals surface area contributed by atoms with Crippen molar-refractivity contribution in [2.45, 2.75) is 31.9 Å². The second kappa shape index (κ2) is 7.36. The topological polar surface area (TPSA) is 38.5 Å². The molecule has 5 heteroatoms. The van der Waals surface area contributed by atoms with Crippen LogP contribution in [0.5, 0.6) is 0 Å². The Labute approximate surface area is 124 Å². The zero-order valence-electron chi connectivity index (χ0n) is 11.8. The molecule has 112 valence electrons. The van der Waals surface area contributed by atoms with Crippen LogP contribution < -0.4 is 5.73 Å². The summed E-state index contributed by atoms with van der Waals surface area (Å²) < 4.78 is 18.9. The third-order valence-corrected chi connectivity index (χ3v) is 4.16. The fraction of sp³-hybridized carbons (Fsp3) is 0.600. The van der Waals surface area contributed by atoms with Crippen molar-refractivity contribution < 1.29 is 9.13 Å². The molecule has 1 aromatic rings. The SMILES string of the molecule is CCOC1CCN(C(CN)c2ccc(F)c(Cl)c2)CC1. The fourth-order valence-electron chi connectivity index (χ4n) is 2.81. The van der Waals surface area contributed by atoms with E-state index in [9.17, 15) is 4.39 Å². The van der Waals surface area contributed by atoms with Gasteiger partial charge in [0.2, 0.25) is 0 Å². The highest BCUT2D eigenvalue weighted by molar-refractivity contribution is 6.30. The number of nitrogens with two attached hydrogens (primary N) is 1. The van der Waals surface area contributed by atoms with Crippen LogP contribution in [0.15, 0.2) is 18.2 Å². The van der Waals surface area contributed by atoms with Gasteiger partial charge in [-0.05, 0) is 37.5 Å². The standard InChI is InChI=1S/C15H22ClFN2O/c1-2-20-12-5-7-19(8-6-12)15(10-18)11-3-4-14(17)13(16)9-11/h3-4,9,12,15H,2,5-8,10,18H2,1H3. The predicted octanol–water partition coefficient (Wildman–Crippen LogP) is 2.98. The predicted molar refractivity (Wildman–Crippen MR) is 79.4 cm³/mol. The molecule has 0 amide bonds.